The minimum atomic E-state index is -0.376. The predicted octanol–water partition coefficient (Wildman–Crippen LogP) is 2.40. The highest BCUT2D eigenvalue weighted by Gasteiger charge is 2.25. The molecule has 1 aromatic carbocycles. The van der Waals surface area contributed by atoms with Gasteiger partial charge in [0.15, 0.2) is 0 Å². The van der Waals surface area contributed by atoms with Crippen LogP contribution in [0.5, 0.6) is 0 Å². The fraction of sp³-hybridized carbons (Fsp3) is 0. The number of nitrogens with one attached hydrogen (secondary N) is 2. The zero-order valence-corrected chi connectivity index (χ0v) is 10.5. The molecule has 0 aliphatic carbocycles. The molecule has 0 saturated carbocycles. The van der Waals surface area contributed by atoms with Crippen molar-refractivity contribution in [3.05, 3.63) is 47.1 Å². The van der Waals surface area contributed by atoms with E-state index in [0.717, 1.165) is 23.1 Å². The second-order valence-electron chi connectivity index (χ2n) is 3.89. The van der Waals surface area contributed by atoms with E-state index in [9.17, 15) is 9.59 Å². The third-order valence-corrected chi connectivity index (χ3v) is 3.38. The van der Waals surface area contributed by atoms with E-state index in [-0.39, 0.29) is 11.1 Å². The van der Waals surface area contributed by atoms with Crippen LogP contribution in [0.25, 0.3) is 17.5 Å². The first-order valence-corrected chi connectivity index (χ1v) is 6.40. The highest BCUT2D eigenvalue weighted by molar-refractivity contribution is 8.18. The quantitative estimate of drug-likeness (QED) is 0.822. The van der Waals surface area contributed by atoms with E-state index >= 15 is 0 Å². The van der Waals surface area contributed by atoms with E-state index in [0.29, 0.717) is 10.6 Å². The number of H-pyrrole nitrogens is 1. The molecule has 0 unspecified atom stereocenters. The first kappa shape index (κ1) is 11.7. The third kappa shape index (κ3) is 2.43. The molecule has 1 aliphatic heterocycles. The van der Waals surface area contributed by atoms with Crippen LogP contribution in [0, 0.1) is 0 Å². The van der Waals surface area contributed by atoms with Crippen LogP contribution in [0.15, 0.2) is 41.4 Å². The van der Waals surface area contributed by atoms with E-state index in [1.807, 2.05) is 30.3 Å². The van der Waals surface area contributed by atoms with E-state index in [1.165, 1.54) is 0 Å². The SMILES string of the molecule is O=C1NC(=O)/C(=C/c2c[nH]c(-c3ccccc3)n2)S1. The zero-order chi connectivity index (χ0) is 13.2. The van der Waals surface area contributed by atoms with Crippen molar-refractivity contribution in [1.82, 2.24) is 15.3 Å². The van der Waals surface area contributed by atoms with Crippen molar-refractivity contribution in [2.24, 2.45) is 0 Å². The summed E-state index contributed by atoms with van der Waals surface area (Å²) in [6.45, 7) is 0. The maximum Gasteiger partial charge on any atom is 0.290 e. The number of amides is 2. The fourth-order valence-corrected chi connectivity index (χ4v) is 2.38. The minimum Gasteiger partial charge on any atom is -0.344 e. The number of imide groups is 1. The summed E-state index contributed by atoms with van der Waals surface area (Å²) >= 11 is 0.881. The summed E-state index contributed by atoms with van der Waals surface area (Å²) in [5.74, 6) is 0.349. The highest BCUT2D eigenvalue weighted by atomic mass is 32.2. The number of rotatable bonds is 2. The van der Waals surface area contributed by atoms with E-state index in [2.05, 4.69) is 15.3 Å². The number of imidazole rings is 1. The minimum absolute atomic E-state index is 0.352. The van der Waals surface area contributed by atoms with Crippen LogP contribution in [-0.4, -0.2) is 21.1 Å². The van der Waals surface area contributed by atoms with Gasteiger partial charge in [-0.2, -0.15) is 0 Å². The van der Waals surface area contributed by atoms with Gasteiger partial charge in [-0.3, -0.25) is 14.9 Å². The summed E-state index contributed by atoms with van der Waals surface area (Å²) in [7, 11) is 0. The lowest BCUT2D eigenvalue weighted by atomic mass is 10.2. The Morgan fingerprint density at radius 3 is 2.63 bits per heavy atom. The van der Waals surface area contributed by atoms with Crippen LogP contribution in [0.1, 0.15) is 5.69 Å². The molecule has 1 fully saturated rings. The van der Waals surface area contributed by atoms with Gasteiger partial charge in [0.25, 0.3) is 11.1 Å². The van der Waals surface area contributed by atoms with Crippen molar-refractivity contribution in [3.8, 4) is 11.4 Å². The lowest BCUT2D eigenvalue weighted by molar-refractivity contribution is -0.115. The smallest absolute Gasteiger partial charge is 0.290 e. The Balaban J connectivity index is 1.89. The molecule has 1 aliphatic rings. The Morgan fingerprint density at radius 2 is 1.95 bits per heavy atom. The van der Waals surface area contributed by atoms with Gasteiger partial charge in [-0.1, -0.05) is 30.3 Å². The van der Waals surface area contributed by atoms with Crippen LogP contribution in [0.4, 0.5) is 4.79 Å². The van der Waals surface area contributed by atoms with E-state index < -0.39 is 0 Å². The normalized spacial score (nSPS) is 16.9. The van der Waals surface area contributed by atoms with Crippen molar-refractivity contribution in [2.45, 2.75) is 0 Å². The number of carbonyl (C=O) groups is 2. The number of aromatic nitrogens is 2. The largest absolute Gasteiger partial charge is 0.344 e. The van der Waals surface area contributed by atoms with Crippen molar-refractivity contribution >= 4 is 29.0 Å². The van der Waals surface area contributed by atoms with Gasteiger partial charge in [-0.25, -0.2) is 4.98 Å². The average molecular weight is 271 g/mol. The molecule has 0 spiro atoms. The maximum atomic E-state index is 11.4. The van der Waals surface area contributed by atoms with Crippen molar-refractivity contribution in [2.75, 3.05) is 0 Å². The van der Waals surface area contributed by atoms with Crippen molar-refractivity contribution in [1.29, 1.82) is 0 Å². The van der Waals surface area contributed by atoms with Crippen LogP contribution in [0.2, 0.25) is 0 Å². The molecule has 0 radical (unpaired) electrons. The summed E-state index contributed by atoms with van der Waals surface area (Å²) in [6.07, 6.45) is 3.29. The predicted molar refractivity (Wildman–Crippen MR) is 73.1 cm³/mol. The molecule has 0 atom stereocenters. The molecule has 1 aromatic heterocycles. The van der Waals surface area contributed by atoms with Crippen LogP contribution < -0.4 is 5.32 Å². The van der Waals surface area contributed by atoms with Gasteiger partial charge >= 0.3 is 0 Å². The van der Waals surface area contributed by atoms with Crippen LogP contribution >= 0.6 is 11.8 Å². The first-order valence-electron chi connectivity index (χ1n) is 5.58. The fourth-order valence-electron chi connectivity index (χ4n) is 1.71. The molecule has 19 heavy (non-hydrogen) atoms. The molecular weight excluding hydrogens is 262 g/mol. The topological polar surface area (TPSA) is 74.8 Å². The monoisotopic (exact) mass is 271 g/mol. The van der Waals surface area contributed by atoms with Gasteiger partial charge < -0.3 is 4.98 Å². The van der Waals surface area contributed by atoms with Gasteiger partial charge in [-0.05, 0) is 17.8 Å². The molecule has 6 heteroatoms. The number of thioether (sulfide) groups is 1. The standard InChI is InChI=1S/C13H9N3O2S/c17-12-10(19-13(18)16-12)6-9-7-14-11(15-9)8-4-2-1-3-5-8/h1-7H,(H,14,15)(H,16,17,18)/b10-6-. The molecule has 5 nitrogen and oxygen atoms in total. The Kier molecular flexibility index (Phi) is 2.92. The molecule has 3 rings (SSSR count). The molecule has 0 bridgehead atoms. The summed E-state index contributed by atoms with van der Waals surface area (Å²) in [6, 6.07) is 9.66. The summed E-state index contributed by atoms with van der Waals surface area (Å²) in [5.41, 5.74) is 1.58. The molecule has 2 heterocycles. The summed E-state index contributed by atoms with van der Waals surface area (Å²) in [4.78, 5) is 30.2. The summed E-state index contributed by atoms with van der Waals surface area (Å²) in [5, 5.41) is 1.85. The van der Waals surface area contributed by atoms with Gasteiger partial charge in [0, 0.05) is 11.8 Å². The number of hydrogen-bond donors (Lipinski definition) is 2. The number of hydrogen-bond acceptors (Lipinski definition) is 4. The Hall–Kier alpha value is -2.34. The lowest BCUT2D eigenvalue weighted by Crippen LogP contribution is -2.17. The number of carbonyl (C=O) groups excluding carboxylic acids is 2. The second-order valence-corrected chi connectivity index (χ2v) is 4.91. The van der Waals surface area contributed by atoms with Gasteiger partial charge in [0.2, 0.25) is 0 Å². The van der Waals surface area contributed by atoms with Gasteiger partial charge in [0.05, 0.1) is 10.6 Å². The molecule has 2 N–H and O–H groups in total. The van der Waals surface area contributed by atoms with Crippen LogP contribution in [-0.2, 0) is 4.79 Å². The zero-order valence-electron chi connectivity index (χ0n) is 9.71. The second kappa shape index (κ2) is 4.74. The molecule has 2 amide bonds. The Morgan fingerprint density at radius 1 is 1.16 bits per heavy atom. The van der Waals surface area contributed by atoms with E-state index in [4.69, 9.17) is 0 Å². The van der Waals surface area contributed by atoms with Crippen molar-refractivity contribution in [3.63, 3.8) is 0 Å². The number of benzene rings is 1. The van der Waals surface area contributed by atoms with Gasteiger partial charge in [-0.15, -0.1) is 0 Å². The molecule has 2 aromatic rings. The highest BCUT2D eigenvalue weighted by Crippen LogP contribution is 2.25. The Labute approximate surface area is 113 Å². The Bertz CT molecular complexity index is 676. The van der Waals surface area contributed by atoms with Gasteiger partial charge in [0.1, 0.15) is 5.82 Å². The number of nitrogens with zero attached hydrogens (tertiary/aromatic N) is 1. The molecule has 94 valence electrons. The maximum absolute atomic E-state index is 11.4. The third-order valence-electron chi connectivity index (χ3n) is 2.57. The first-order chi connectivity index (χ1) is 9.22. The lowest BCUT2D eigenvalue weighted by Gasteiger charge is -1.93. The van der Waals surface area contributed by atoms with E-state index in [1.54, 1.807) is 12.3 Å². The molecular formula is C13H9N3O2S. The summed E-state index contributed by atoms with van der Waals surface area (Å²) < 4.78 is 0. The van der Waals surface area contributed by atoms with Crippen LogP contribution in [0.3, 0.4) is 0 Å². The number of aromatic amines is 1. The molecule has 1 saturated heterocycles. The van der Waals surface area contributed by atoms with Crippen molar-refractivity contribution < 1.29 is 9.59 Å². The average Bonchev–Trinajstić information content (AvgIpc) is 2.99.